The van der Waals surface area contributed by atoms with Crippen LogP contribution >= 0.6 is 11.6 Å². The highest BCUT2D eigenvalue weighted by atomic mass is 35.5. The summed E-state index contributed by atoms with van der Waals surface area (Å²) in [5.74, 6) is 0.669. The lowest BCUT2D eigenvalue weighted by Gasteiger charge is -2.15. The Morgan fingerprint density at radius 2 is 2.13 bits per heavy atom. The maximum atomic E-state index is 11.9. The molecule has 0 aliphatic carbocycles. The van der Waals surface area contributed by atoms with Crippen LogP contribution in [0.2, 0.25) is 5.02 Å². The van der Waals surface area contributed by atoms with Crippen molar-refractivity contribution in [3.8, 4) is 5.75 Å². The Bertz CT molecular complexity index is 1100. The Balaban J connectivity index is 1.86. The highest BCUT2D eigenvalue weighted by Crippen LogP contribution is 2.31. The van der Waals surface area contributed by atoms with Crippen molar-refractivity contribution in [2.24, 2.45) is 0 Å². The minimum absolute atomic E-state index is 0.00392. The molecule has 0 spiro atoms. The summed E-state index contributed by atoms with van der Waals surface area (Å²) in [6.45, 7) is 6.48. The molecule has 162 valence electrons. The van der Waals surface area contributed by atoms with Gasteiger partial charge < -0.3 is 15.4 Å². The number of aromatic nitrogens is 2. The minimum Gasteiger partial charge on any atom is -0.487 e. The van der Waals surface area contributed by atoms with Crippen LogP contribution in [0.3, 0.4) is 0 Å². The van der Waals surface area contributed by atoms with Crippen LogP contribution in [-0.2, 0) is 17.9 Å². The largest absolute Gasteiger partial charge is 0.487 e. The van der Waals surface area contributed by atoms with Crippen molar-refractivity contribution in [2.75, 3.05) is 5.32 Å². The molecule has 0 bridgehead atoms. The fourth-order valence-corrected chi connectivity index (χ4v) is 3.47. The van der Waals surface area contributed by atoms with Crippen molar-refractivity contribution in [1.82, 2.24) is 15.3 Å². The molecule has 2 N–H and O–H groups in total. The van der Waals surface area contributed by atoms with Crippen LogP contribution in [0.5, 0.6) is 5.75 Å². The minimum atomic E-state index is 0.00392. The number of carbonyl (C=O) groups is 1. The van der Waals surface area contributed by atoms with Crippen molar-refractivity contribution >= 4 is 34.1 Å². The average molecular weight is 439 g/mol. The topological polar surface area (TPSA) is 76.1 Å². The van der Waals surface area contributed by atoms with E-state index in [0.29, 0.717) is 23.7 Å². The quantitative estimate of drug-likeness (QED) is 0.459. The zero-order valence-corrected chi connectivity index (χ0v) is 18.8. The Hall–Kier alpha value is -3.12. The van der Waals surface area contributed by atoms with Gasteiger partial charge in [-0.25, -0.2) is 4.98 Å². The number of nitrogens with zero attached hydrogens (tertiary/aromatic N) is 2. The second-order valence-corrected chi connectivity index (χ2v) is 7.59. The predicted molar refractivity (Wildman–Crippen MR) is 125 cm³/mol. The third kappa shape index (κ3) is 5.73. The van der Waals surface area contributed by atoms with Gasteiger partial charge in [-0.1, -0.05) is 36.7 Å². The third-order valence-corrected chi connectivity index (χ3v) is 5.08. The number of nitrogens with one attached hydrogen (secondary N) is 2. The van der Waals surface area contributed by atoms with Crippen LogP contribution in [0.1, 0.15) is 43.5 Å². The lowest BCUT2D eigenvalue weighted by Crippen LogP contribution is -2.23. The molecule has 3 aromatic rings. The summed E-state index contributed by atoms with van der Waals surface area (Å²) in [5.41, 5.74) is 4.25. The van der Waals surface area contributed by atoms with E-state index in [4.69, 9.17) is 21.3 Å². The number of allylic oxidation sites excluding steroid dienone is 1. The van der Waals surface area contributed by atoms with E-state index in [2.05, 4.69) is 15.6 Å². The first-order chi connectivity index (χ1) is 15.0. The first-order valence-corrected chi connectivity index (χ1v) is 10.7. The molecule has 6 nitrogen and oxygen atoms in total. The summed E-state index contributed by atoms with van der Waals surface area (Å²) in [7, 11) is 0. The highest BCUT2D eigenvalue weighted by Gasteiger charge is 2.13. The maximum absolute atomic E-state index is 11.9. The van der Waals surface area contributed by atoms with Gasteiger partial charge in [0.1, 0.15) is 17.9 Å². The number of hydrogen-bond donors (Lipinski definition) is 2. The van der Waals surface area contributed by atoms with Gasteiger partial charge in [-0.2, -0.15) is 0 Å². The van der Waals surface area contributed by atoms with Gasteiger partial charge in [-0.3, -0.25) is 9.78 Å². The molecule has 7 heteroatoms. The molecule has 0 aliphatic heterocycles. The van der Waals surface area contributed by atoms with Crippen LogP contribution in [-0.4, -0.2) is 15.9 Å². The SMILES string of the molecule is C/C=C\Nc1cc(C)nc2c(OCc3c(Cl)cncc3CNC(=O)CCC)cccc12. The first-order valence-electron chi connectivity index (χ1n) is 10.3. The molecule has 31 heavy (non-hydrogen) atoms. The lowest BCUT2D eigenvalue weighted by atomic mass is 10.1. The van der Waals surface area contributed by atoms with Crippen molar-refractivity contribution < 1.29 is 9.53 Å². The number of benzene rings is 1. The number of ether oxygens (including phenoxy) is 1. The van der Waals surface area contributed by atoms with Crippen LogP contribution in [0.15, 0.2) is 48.9 Å². The summed E-state index contributed by atoms with van der Waals surface area (Å²) in [6.07, 6.45) is 8.41. The van der Waals surface area contributed by atoms with Crippen LogP contribution in [0, 0.1) is 6.92 Å². The van der Waals surface area contributed by atoms with Gasteiger partial charge in [-0.05, 0) is 44.2 Å². The number of para-hydroxylation sites is 1. The number of rotatable bonds is 9. The Kier molecular flexibility index (Phi) is 7.84. The number of fused-ring (bicyclic) bond motifs is 1. The molecule has 0 fully saturated rings. The van der Waals surface area contributed by atoms with Crippen LogP contribution in [0.25, 0.3) is 10.9 Å². The summed E-state index contributed by atoms with van der Waals surface area (Å²) in [4.78, 5) is 20.7. The van der Waals surface area contributed by atoms with Gasteiger partial charge >= 0.3 is 0 Å². The van der Waals surface area contributed by atoms with E-state index in [1.54, 1.807) is 12.4 Å². The van der Waals surface area contributed by atoms with Gasteiger partial charge in [0.2, 0.25) is 5.91 Å². The average Bonchev–Trinajstić information content (AvgIpc) is 2.75. The van der Waals surface area contributed by atoms with E-state index in [9.17, 15) is 4.79 Å². The Morgan fingerprint density at radius 1 is 1.29 bits per heavy atom. The van der Waals surface area contributed by atoms with E-state index in [0.717, 1.165) is 39.8 Å². The molecule has 1 amide bonds. The molecule has 0 unspecified atom stereocenters. The molecular formula is C24H27ClN4O2. The molecule has 0 saturated heterocycles. The zero-order chi connectivity index (χ0) is 22.2. The van der Waals surface area contributed by atoms with Crippen LogP contribution < -0.4 is 15.4 Å². The van der Waals surface area contributed by atoms with Gasteiger partial charge in [0.15, 0.2) is 0 Å². The Morgan fingerprint density at radius 3 is 2.90 bits per heavy atom. The smallest absolute Gasteiger partial charge is 0.220 e. The molecular weight excluding hydrogens is 412 g/mol. The number of halogens is 1. The fourth-order valence-electron chi connectivity index (χ4n) is 3.23. The molecule has 1 aromatic carbocycles. The van der Waals surface area contributed by atoms with E-state index in [1.807, 2.05) is 57.3 Å². The molecule has 0 radical (unpaired) electrons. The molecule has 3 rings (SSSR count). The number of amides is 1. The van der Waals surface area contributed by atoms with E-state index >= 15 is 0 Å². The maximum Gasteiger partial charge on any atom is 0.220 e. The van der Waals surface area contributed by atoms with Crippen molar-refractivity contribution in [3.63, 3.8) is 0 Å². The monoisotopic (exact) mass is 438 g/mol. The normalized spacial score (nSPS) is 11.1. The molecule has 0 aliphatic rings. The zero-order valence-electron chi connectivity index (χ0n) is 18.0. The fraction of sp³-hybridized carbons (Fsp3) is 0.292. The van der Waals surface area contributed by atoms with Crippen LogP contribution in [0.4, 0.5) is 5.69 Å². The van der Waals surface area contributed by atoms with Gasteiger partial charge in [0, 0.05) is 47.7 Å². The lowest BCUT2D eigenvalue weighted by molar-refractivity contribution is -0.121. The predicted octanol–water partition coefficient (Wildman–Crippen LogP) is 5.53. The van der Waals surface area contributed by atoms with Crippen molar-refractivity contribution in [1.29, 1.82) is 0 Å². The number of carbonyl (C=O) groups excluding carboxylic acids is 1. The Labute approximate surface area is 187 Å². The summed E-state index contributed by atoms with van der Waals surface area (Å²) >= 11 is 6.41. The van der Waals surface area contributed by atoms with E-state index in [-0.39, 0.29) is 12.5 Å². The number of aryl methyl sites for hydroxylation is 1. The standard InChI is InChI=1S/C24H27ClN4O2/c1-4-7-23(30)28-13-17-12-26-14-20(25)19(17)15-31-22-9-6-8-18-21(27-10-5-2)11-16(3)29-24(18)22/h5-6,8-12,14H,4,7,13,15H2,1-3H3,(H,27,29)(H,28,30)/b10-5-. The second kappa shape index (κ2) is 10.8. The van der Waals surface area contributed by atoms with Gasteiger partial charge in [0.05, 0.1) is 5.02 Å². The highest BCUT2D eigenvalue weighted by molar-refractivity contribution is 6.31. The van der Waals surface area contributed by atoms with Gasteiger partial charge in [0.25, 0.3) is 0 Å². The number of pyridine rings is 2. The van der Waals surface area contributed by atoms with Gasteiger partial charge in [-0.15, -0.1) is 0 Å². The molecule has 2 heterocycles. The summed E-state index contributed by atoms with van der Waals surface area (Å²) in [5, 5.41) is 7.67. The van der Waals surface area contributed by atoms with E-state index in [1.165, 1.54) is 0 Å². The molecule has 0 saturated carbocycles. The second-order valence-electron chi connectivity index (χ2n) is 7.18. The summed E-state index contributed by atoms with van der Waals surface area (Å²) < 4.78 is 6.16. The number of anilines is 1. The number of hydrogen-bond acceptors (Lipinski definition) is 5. The first kappa shape index (κ1) is 22.6. The third-order valence-electron chi connectivity index (χ3n) is 4.76. The summed E-state index contributed by atoms with van der Waals surface area (Å²) in [6, 6.07) is 7.85. The van der Waals surface area contributed by atoms with Crippen molar-refractivity contribution in [2.45, 2.75) is 46.8 Å². The molecule has 2 aromatic heterocycles. The van der Waals surface area contributed by atoms with E-state index < -0.39 is 0 Å². The van der Waals surface area contributed by atoms with Crippen molar-refractivity contribution in [3.05, 3.63) is 70.8 Å². The molecule has 0 atom stereocenters.